The molecule has 0 unspecified atom stereocenters. The van der Waals surface area contributed by atoms with Gasteiger partial charge < -0.3 is 5.32 Å². The molecule has 0 atom stereocenters. The molecule has 0 bridgehead atoms. The van der Waals surface area contributed by atoms with Gasteiger partial charge in [0, 0.05) is 5.69 Å². The fourth-order valence-electron chi connectivity index (χ4n) is 1.60. The second-order valence-corrected chi connectivity index (χ2v) is 3.73. The molecule has 6 heteroatoms. The highest BCUT2D eigenvalue weighted by molar-refractivity contribution is 6.07. The second kappa shape index (κ2) is 5.63. The molecule has 0 fully saturated rings. The van der Waals surface area contributed by atoms with Gasteiger partial charge in [-0.25, -0.2) is 10.1 Å². The van der Waals surface area contributed by atoms with Crippen molar-refractivity contribution in [3.63, 3.8) is 0 Å². The molecule has 0 heterocycles. The van der Waals surface area contributed by atoms with Gasteiger partial charge in [0.2, 0.25) is 0 Å². The van der Waals surface area contributed by atoms with Crippen molar-refractivity contribution in [3.05, 3.63) is 70.3 Å². The number of hydrazine groups is 1. The highest BCUT2D eigenvalue weighted by Gasteiger charge is 2.13. The first-order chi connectivity index (χ1) is 9.16. The molecule has 2 aromatic carbocycles. The Morgan fingerprint density at radius 3 is 2.32 bits per heavy atom. The summed E-state index contributed by atoms with van der Waals surface area (Å²) >= 11 is 0. The molecule has 19 heavy (non-hydrogen) atoms. The Morgan fingerprint density at radius 1 is 1.00 bits per heavy atom. The molecule has 6 nitrogen and oxygen atoms in total. The third kappa shape index (κ3) is 3.29. The van der Waals surface area contributed by atoms with Crippen LogP contribution in [0, 0.1) is 10.1 Å². The Bertz CT molecular complexity index is 599. The van der Waals surface area contributed by atoms with E-state index in [4.69, 9.17) is 0 Å². The first kappa shape index (κ1) is 12.6. The van der Waals surface area contributed by atoms with Gasteiger partial charge in [-0.3, -0.25) is 4.79 Å². The molecular weight excluding hydrogens is 246 g/mol. The molecule has 0 aliphatic carbocycles. The van der Waals surface area contributed by atoms with Gasteiger partial charge in [-0.05, 0) is 24.3 Å². The molecule has 2 aromatic rings. The van der Waals surface area contributed by atoms with Crippen molar-refractivity contribution in [2.24, 2.45) is 0 Å². The van der Waals surface area contributed by atoms with Crippen molar-refractivity contribution in [3.8, 4) is 0 Å². The number of amides is 1. The zero-order chi connectivity index (χ0) is 13.7. The average Bonchev–Trinajstić information content (AvgIpc) is 2.39. The molecule has 96 valence electrons. The highest BCUT2D eigenvalue weighted by atomic mass is 16.7. The zero-order valence-electron chi connectivity index (χ0n) is 9.87. The van der Waals surface area contributed by atoms with Crippen LogP contribution in [-0.2, 0) is 0 Å². The Morgan fingerprint density at radius 2 is 1.63 bits per heavy atom. The number of nitrogens with zero attached hydrogens (tertiary/aromatic N) is 1. The van der Waals surface area contributed by atoms with Gasteiger partial charge in [0.1, 0.15) is 5.69 Å². The predicted octanol–water partition coefficient (Wildman–Crippen LogP) is 2.54. The van der Waals surface area contributed by atoms with Crippen LogP contribution in [0.15, 0.2) is 54.6 Å². The summed E-state index contributed by atoms with van der Waals surface area (Å²) in [6.07, 6.45) is 0. The lowest BCUT2D eigenvalue weighted by molar-refractivity contribution is -0.445. The van der Waals surface area contributed by atoms with Crippen LogP contribution in [0.1, 0.15) is 10.4 Å². The molecule has 0 radical (unpaired) electrons. The number of carbonyl (C=O) groups is 1. The summed E-state index contributed by atoms with van der Waals surface area (Å²) in [5.41, 5.74) is 2.99. The van der Waals surface area contributed by atoms with E-state index in [9.17, 15) is 14.9 Å². The van der Waals surface area contributed by atoms with Crippen molar-refractivity contribution in [2.45, 2.75) is 0 Å². The zero-order valence-corrected chi connectivity index (χ0v) is 9.87. The predicted molar refractivity (Wildman–Crippen MR) is 71.5 cm³/mol. The number of rotatable bonds is 4. The SMILES string of the molecule is O=C(Nc1ccccc1)c1ccccc1N[N+](=O)[O-]. The van der Waals surface area contributed by atoms with Crippen LogP contribution in [-0.4, -0.2) is 10.9 Å². The first-order valence-electron chi connectivity index (χ1n) is 5.53. The van der Waals surface area contributed by atoms with Gasteiger partial charge in [0.05, 0.1) is 5.56 Å². The summed E-state index contributed by atoms with van der Waals surface area (Å²) in [6, 6.07) is 15.1. The summed E-state index contributed by atoms with van der Waals surface area (Å²) in [4.78, 5) is 22.5. The molecule has 1 amide bonds. The van der Waals surface area contributed by atoms with Gasteiger partial charge in [-0.1, -0.05) is 30.3 Å². The lowest BCUT2D eigenvalue weighted by Gasteiger charge is -2.07. The van der Waals surface area contributed by atoms with Crippen LogP contribution >= 0.6 is 0 Å². The standard InChI is InChI=1S/C13H11N3O3/c17-13(14-10-6-2-1-3-7-10)11-8-4-5-9-12(11)15-16(18)19/h1-9,15H,(H,14,17). The van der Waals surface area contributed by atoms with Gasteiger partial charge in [0.15, 0.2) is 5.03 Å². The Kier molecular flexibility index (Phi) is 3.72. The van der Waals surface area contributed by atoms with Gasteiger partial charge >= 0.3 is 0 Å². The number of para-hydroxylation sites is 2. The van der Waals surface area contributed by atoms with Crippen molar-refractivity contribution in [1.29, 1.82) is 0 Å². The molecule has 2 rings (SSSR count). The Balaban J connectivity index is 2.21. The van der Waals surface area contributed by atoms with E-state index in [1.54, 1.807) is 36.4 Å². The number of nitro groups is 1. The maximum atomic E-state index is 12.0. The topological polar surface area (TPSA) is 84.3 Å². The van der Waals surface area contributed by atoms with E-state index < -0.39 is 10.9 Å². The summed E-state index contributed by atoms with van der Waals surface area (Å²) in [5, 5.41) is 12.4. The minimum absolute atomic E-state index is 0.154. The van der Waals surface area contributed by atoms with E-state index in [2.05, 4.69) is 5.32 Å². The Hall–Kier alpha value is -2.89. The van der Waals surface area contributed by atoms with E-state index in [1.807, 2.05) is 11.5 Å². The molecule has 0 saturated carbocycles. The normalized spacial score (nSPS) is 9.68. The summed E-state index contributed by atoms with van der Waals surface area (Å²) in [7, 11) is 0. The van der Waals surface area contributed by atoms with Crippen LogP contribution in [0.5, 0.6) is 0 Å². The quantitative estimate of drug-likeness (QED) is 0.651. The van der Waals surface area contributed by atoms with Gasteiger partial charge in [-0.2, -0.15) is 0 Å². The van der Waals surface area contributed by atoms with Crippen molar-refractivity contribution < 1.29 is 9.83 Å². The van der Waals surface area contributed by atoms with Crippen molar-refractivity contribution >= 4 is 17.3 Å². The van der Waals surface area contributed by atoms with E-state index in [0.717, 1.165) is 0 Å². The van der Waals surface area contributed by atoms with E-state index >= 15 is 0 Å². The van der Waals surface area contributed by atoms with Crippen molar-refractivity contribution in [2.75, 3.05) is 10.7 Å². The largest absolute Gasteiger partial charge is 0.322 e. The highest BCUT2D eigenvalue weighted by Crippen LogP contribution is 2.17. The summed E-state index contributed by atoms with van der Waals surface area (Å²) in [5.74, 6) is -0.406. The molecule has 0 aromatic heterocycles. The fraction of sp³-hybridized carbons (Fsp3) is 0. The molecule has 0 spiro atoms. The van der Waals surface area contributed by atoms with Crippen LogP contribution in [0.2, 0.25) is 0 Å². The maximum absolute atomic E-state index is 12.0. The molecule has 2 N–H and O–H groups in total. The average molecular weight is 257 g/mol. The van der Waals surface area contributed by atoms with Crippen molar-refractivity contribution in [1.82, 2.24) is 0 Å². The number of hydrogen-bond donors (Lipinski definition) is 2. The second-order valence-electron chi connectivity index (χ2n) is 3.73. The first-order valence-corrected chi connectivity index (χ1v) is 5.53. The molecular formula is C13H11N3O3. The smallest absolute Gasteiger partial charge is 0.257 e. The number of hydrogen-bond acceptors (Lipinski definition) is 3. The monoisotopic (exact) mass is 257 g/mol. The molecule has 0 aliphatic rings. The minimum atomic E-state index is -0.700. The number of benzene rings is 2. The van der Waals surface area contributed by atoms with E-state index in [-0.39, 0.29) is 11.3 Å². The van der Waals surface area contributed by atoms with Gasteiger partial charge in [-0.15, -0.1) is 5.43 Å². The number of anilines is 2. The molecule has 0 saturated heterocycles. The molecule has 0 aliphatic heterocycles. The van der Waals surface area contributed by atoms with Crippen LogP contribution < -0.4 is 10.7 Å². The Labute approximate surface area is 109 Å². The van der Waals surface area contributed by atoms with Crippen LogP contribution in [0.25, 0.3) is 0 Å². The summed E-state index contributed by atoms with van der Waals surface area (Å²) in [6.45, 7) is 0. The lowest BCUT2D eigenvalue weighted by Crippen LogP contribution is -2.17. The van der Waals surface area contributed by atoms with E-state index in [0.29, 0.717) is 5.69 Å². The van der Waals surface area contributed by atoms with Gasteiger partial charge in [0.25, 0.3) is 5.91 Å². The third-order valence-corrected chi connectivity index (χ3v) is 2.42. The third-order valence-electron chi connectivity index (χ3n) is 2.42. The summed E-state index contributed by atoms with van der Waals surface area (Å²) < 4.78 is 0. The lowest BCUT2D eigenvalue weighted by atomic mass is 10.1. The van der Waals surface area contributed by atoms with Crippen LogP contribution in [0.4, 0.5) is 11.4 Å². The van der Waals surface area contributed by atoms with Crippen LogP contribution in [0.3, 0.4) is 0 Å². The van der Waals surface area contributed by atoms with E-state index in [1.165, 1.54) is 12.1 Å². The number of nitrogens with one attached hydrogen (secondary N) is 2. The maximum Gasteiger partial charge on any atom is 0.257 e. The number of carbonyl (C=O) groups excluding carboxylic acids is 1. The minimum Gasteiger partial charge on any atom is -0.322 e. The fourth-order valence-corrected chi connectivity index (χ4v) is 1.60.